The highest BCUT2D eigenvalue weighted by molar-refractivity contribution is 6.50. The zero-order chi connectivity index (χ0) is 17.4. The van der Waals surface area contributed by atoms with Gasteiger partial charge in [-0.1, -0.05) is 91.0 Å². The van der Waals surface area contributed by atoms with E-state index in [9.17, 15) is 17.3 Å². The van der Waals surface area contributed by atoms with Crippen LogP contribution in [0.2, 0.25) is 0 Å². The summed E-state index contributed by atoms with van der Waals surface area (Å²) in [6, 6.07) is 32.0. The van der Waals surface area contributed by atoms with Gasteiger partial charge in [0.2, 0.25) is 0 Å². The second-order valence-corrected chi connectivity index (χ2v) is 5.16. The summed E-state index contributed by atoms with van der Waals surface area (Å²) >= 11 is 0. The highest BCUT2D eigenvalue weighted by atomic mass is 19.5. The lowest BCUT2D eigenvalue weighted by Gasteiger charge is -2.18. The number of benzene rings is 3. The van der Waals surface area contributed by atoms with Gasteiger partial charge >= 0.3 is 7.25 Å². The van der Waals surface area contributed by atoms with E-state index in [2.05, 4.69) is 91.0 Å². The van der Waals surface area contributed by atoms with Crippen molar-refractivity contribution >= 4 is 7.25 Å². The molecule has 0 amide bonds. The largest absolute Gasteiger partial charge is 0.673 e. The monoisotopic (exact) mass is 331 g/mol. The Balaban J connectivity index is 0.000000368. The maximum Gasteiger partial charge on any atom is 0.673 e. The Bertz CT molecular complexity index is 613. The van der Waals surface area contributed by atoms with Crippen molar-refractivity contribution in [2.45, 2.75) is 5.92 Å². The normalized spacial score (nSPS) is 10.9. The van der Waals surface area contributed by atoms with Crippen LogP contribution >= 0.6 is 0 Å². The fourth-order valence-corrected chi connectivity index (χ4v) is 2.51. The van der Waals surface area contributed by atoms with Crippen LogP contribution in [0.1, 0.15) is 22.6 Å². The number of hydrogen-bond donors (Lipinski definition) is 0. The molecule has 24 heavy (non-hydrogen) atoms. The highest BCUT2D eigenvalue weighted by Gasteiger charge is 2.20. The van der Waals surface area contributed by atoms with E-state index in [-0.39, 0.29) is 0 Å². The van der Waals surface area contributed by atoms with Crippen molar-refractivity contribution in [1.29, 1.82) is 0 Å². The molecule has 0 aliphatic heterocycles. The molecular formula is C19H16BF4-. The summed E-state index contributed by atoms with van der Waals surface area (Å²) < 4.78 is 39.0. The minimum atomic E-state index is -6.00. The van der Waals surface area contributed by atoms with E-state index in [0.29, 0.717) is 5.92 Å². The van der Waals surface area contributed by atoms with Crippen LogP contribution in [0.4, 0.5) is 17.3 Å². The first-order valence-corrected chi connectivity index (χ1v) is 7.47. The fourth-order valence-electron chi connectivity index (χ4n) is 2.51. The molecule has 0 nitrogen and oxygen atoms in total. The first-order chi connectivity index (χ1) is 11.4. The predicted molar refractivity (Wildman–Crippen MR) is 90.5 cm³/mol. The lowest BCUT2D eigenvalue weighted by Crippen LogP contribution is -2.02. The average molecular weight is 331 g/mol. The van der Waals surface area contributed by atoms with Gasteiger partial charge in [0.25, 0.3) is 0 Å². The summed E-state index contributed by atoms with van der Waals surface area (Å²) in [5.41, 5.74) is 4.00. The Hall–Kier alpha value is -2.56. The Labute approximate surface area is 138 Å². The van der Waals surface area contributed by atoms with Gasteiger partial charge in [0.1, 0.15) is 0 Å². The highest BCUT2D eigenvalue weighted by Crippen LogP contribution is 2.31. The maximum absolute atomic E-state index is 9.75. The van der Waals surface area contributed by atoms with Crippen LogP contribution in [-0.4, -0.2) is 7.25 Å². The van der Waals surface area contributed by atoms with Gasteiger partial charge in [-0.3, -0.25) is 0 Å². The van der Waals surface area contributed by atoms with Crippen LogP contribution in [-0.2, 0) is 0 Å². The summed E-state index contributed by atoms with van der Waals surface area (Å²) in [5.74, 6) is 0.309. The Morgan fingerprint density at radius 2 is 0.667 bits per heavy atom. The smallest absolute Gasteiger partial charge is 0.418 e. The molecular weight excluding hydrogens is 315 g/mol. The number of halogens is 4. The molecule has 3 rings (SSSR count). The van der Waals surface area contributed by atoms with E-state index in [1.54, 1.807) is 0 Å². The van der Waals surface area contributed by atoms with Crippen molar-refractivity contribution < 1.29 is 17.3 Å². The molecule has 0 spiro atoms. The van der Waals surface area contributed by atoms with Crippen molar-refractivity contribution in [2.75, 3.05) is 0 Å². The van der Waals surface area contributed by atoms with Crippen LogP contribution in [0.25, 0.3) is 0 Å². The number of rotatable bonds is 3. The van der Waals surface area contributed by atoms with Crippen molar-refractivity contribution in [1.82, 2.24) is 0 Å². The summed E-state index contributed by atoms with van der Waals surface area (Å²) in [6.45, 7) is 0. The molecule has 124 valence electrons. The summed E-state index contributed by atoms with van der Waals surface area (Å²) in [5, 5.41) is 0. The molecule has 5 heteroatoms. The predicted octanol–water partition coefficient (Wildman–Crippen LogP) is 6.17. The third kappa shape index (κ3) is 5.91. The molecule has 0 saturated heterocycles. The van der Waals surface area contributed by atoms with Gasteiger partial charge in [-0.2, -0.15) is 0 Å². The maximum atomic E-state index is 9.75. The lowest BCUT2D eigenvalue weighted by atomic mass is 9.85. The minimum absolute atomic E-state index is 0.309. The second-order valence-electron chi connectivity index (χ2n) is 5.16. The minimum Gasteiger partial charge on any atom is -0.418 e. The zero-order valence-electron chi connectivity index (χ0n) is 12.8. The van der Waals surface area contributed by atoms with Gasteiger partial charge in [0, 0.05) is 5.92 Å². The first kappa shape index (κ1) is 17.8. The van der Waals surface area contributed by atoms with Crippen LogP contribution in [0.5, 0.6) is 0 Å². The van der Waals surface area contributed by atoms with Crippen molar-refractivity contribution in [3.05, 3.63) is 108 Å². The van der Waals surface area contributed by atoms with Gasteiger partial charge in [0.05, 0.1) is 0 Å². The first-order valence-electron chi connectivity index (χ1n) is 7.47. The third-order valence-electron chi connectivity index (χ3n) is 3.40. The van der Waals surface area contributed by atoms with E-state index in [0.717, 1.165) is 0 Å². The zero-order valence-corrected chi connectivity index (χ0v) is 12.8. The van der Waals surface area contributed by atoms with Crippen LogP contribution < -0.4 is 0 Å². The van der Waals surface area contributed by atoms with Gasteiger partial charge in [0.15, 0.2) is 0 Å². The van der Waals surface area contributed by atoms with E-state index >= 15 is 0 Å². The summed E-state index contributed by atoms with van der Waals surface area (Å²) in [4.78, 5) is 0. The quantitative estimate of drug-likeness (QED) is 0.306. The summed E-state index contributed by atoms with van der Waals surface area (Å²) in [7, 11) is -6.00. The molecule has 0 aliphatic rings. The Morgan fingerprint density at radius 1 is 0.458 bits per heavy atom. The average Bonchev–Trinajstić information content (AvgIpc) is 2.57. The molecule has 3 aromatic rings. The summed E-state index contributed by atoms with van der Waals surface area (Å²) in [6.07, 6.45) is 0. The van der Waals surface area contributed by atoms with Gasteiger partial charge in [-0.15, -0.1) is 0 Å². The molecule has 0 N–H and O–H groups in total. The molecule has 0 fully saturated rings. The van der Waals surface area contributed by atoms with Crippen molar-refractivity contribution in [3.63, 3.8) is 0 Å². The second kappa shape index (κ2) is 8.34. The topological polar surface area (TPSA) is 0 Å². The van der Waals surface area contributed by atoms with Crippen molar-refractivity contribution in [2.24, 2.45) is 0 Å². The van der Waals surface area contributed by atoms with E-state index in [1.807, 2.05) is 0 Å². The van der Waals surface area contributed by atoms with Crippen LogP contribution in [0, 0.1) is 0 Å². The molecule has 0 saturated carbocycles. The molecule has 0 bridgehead atoms. The molecule has 0 atom stereocenters. The Kier molecular flexibility index (Phi) is 6.18. The standard InChI is InChI=1S/C19H16.BF4/c1-4-10-16(11-5-1)19(17-12-6-2-7-13-17)18-14-8-3-9-15-18;2-1(3,4)5/h1-15,19H;/q;-1. The lowest BCUT2D eigenvalue weighted by molar-refractivity contribution is 0.368. The fraction of sp³-hybridized carbons (Fsp3) is 0.0526. The molecule has 3 aromatic carbocycles. The van der Waals surface area contributed by atoms with Crippen LogP contribution in [0.15, 0.2) is 91.0 Å². The molecule has 0 aliphatic carbocycles. The van der Waals surface area contributed by atoms with Crippen LogP contribution in [0.3, 0.4) is 0 Å². The van der Waals surface area contributed by atoms with Gasteiger partial charge in [-0.25, -0.2) is 0 Å². The number of hydrogen-bond acceptors (Lipinski definition) is 0. The molecule has 0 radical (unpaired) electrons. The van der Waals surface area contributed by atoms with Crippen molar-refractivity contribution in [3.8, 4) is 0 Å². The van der Waals surface area contributed by atoms with E-state index < -0.39 is 7.25 Å². The van der Waals surface area contributed by atoms with Gasteiger partial charge in [-0.05, 0) is 16.7 Å². The molecule has 0 unspecified atom stereocenters. The molecule has 0 heterocycles. The molecule has 0 aromatic heterocycles. The van der Waals surface area contributed by atoms with Gasteiger partial charge < -0.3 is 17.3 Å². The van der Waals surface area contributed by atoms with E-state index in [1.165, 1.54) is 16.7 Å². The Morgan fingerprint density at radius 3 is 0.875 bits per heavy atom. The third-order valence-corrected chi connectivity index (χ3v) is 3.40. The SMILES string of the molecule is F[B-](F)(F)F.c1ccc(C(c2ccccc2)c2ccccc2)cc1. The van der Waals surface area contributed by atoms with E-state index in [4.69, 9.17) is 0 Å².